The van der Waals surface area contributed by atoms with Crippen LogP contribution in [0.15, 0.2) is 25.3 Å². The fraction of sp³-hybridized carbons (Fsp3) is 0.222. The monoisotopic (exact) mass is 498 g/mol. The Kier molecular flexibility index (Phi) is 10.7. The molecular formula is C18H14Cl4O8. The summed E-state index contributed by atoms with van der Waals surface area (Å²) in [6.07, 6.45) is 1.88. The van der Waals surface area contributed by atoms with Gasteiger partial charge >= 0.3 is 23.9 Å². The summed E-state index contributed by atoms with van der Waals surface area (Å²) in [7, 11) is 0. The standard InChI is InChI=1S/C18H14Cl4O8/c1-3-9(23)27-5-7-29-17(25)11-13(19)15(21)12(16(22)14(11)20)18(26)30-8-6-28-10(24)4-2/h3-4H,1-2,5-8H2. The van der Waals surface area contributed by atoms with Crippen molar-refractivity contribution >= 4 is 70.3 Å². The van der Waals surface area contributed by atoms with Crippen molar-refractivity contribution in [3.63, 3.8) is 0 Å². The molecule has 0 aliphatic rings. The molecule has 162 valence electrons. The minimum Gasteiger partial charge on any atom is -0.459 e. The van der Waals surface area contributed by atoms with Gasteiger partial charge in [-0.15, -0.1) is 0 Å². The Labute approximate surface area is 191 Å². The number of rotatable bonds is 10. The zero-order valence-electron chi connectivity index (χ0n) is 15.2. The third kappa shape index (κ3) is 6.91. The van der Waals surface area contributed by atoms with E-state index in [2.05, 4.69) is 22.6 Å². The van der Waals surface area contributed by atoms with Gasteiger partial charge < -0.3 is 18.9 Å². The summed E-state index contributed by atoms with van der Waals surface area (Å²) in [4.78, 5) is 46.4. The number of esters is 4. The van der Waals surface area contributed by atoms with Crippen molar-refractivity contribution in [1.29, 1.82) is 0 Å². The van der Waals surface area contributed by atoms with E-state index < -0.39 is 44.0 Å². The van der Waals surface area contributed by atoms with Gasteiger partial charge in [-0.1, -0.05) is 59.6 Å². The highest BCUT2D eigenvalue weighted by atomic mass is 35.5. The molecule has 0 amide bonds. The molecule has 0 heterocycles. The molecule has 0 fully saturated rings. The highest BCUT2D eigenvalue weighted by molar-refractivity contribution is 6.52. The van der Waals surface area contributed by atoms with Crippen LogP contribution in [0.3, 0.4) is 0 Å². The van der Waals surface area contributed by atoms with Crippen LogP contribution in [-0.4, -0.2) is 50.3 Å². The van der Waals surface area contributed by atoms with Crippen molar-refractivity contribution in [2.75, 3.05) is 26.4 Å². The lowest BCUT2D eigenvalue weighted by Gasteiger charge is -2.14. The maximum absolute atomic E-state index is 12.2. The van der Waals surface area contributed by atoms with Gasteiger partial charge in [0, 0.05) is 12.2 Å². The maximum Gasteiger partial charge on any atom is 0.341 e. The number of carbonyl (C=O) groups is 4. The molecule has 1 aromatic rings. The van der Waals surface area contributed by atoms with E-state index in [0.717, 1.165) is 12.2 Å². The molecule has 8 nitrogen and oxygen atoms in total. The van der Waals surface area contributed by atoms with E-state index in [1.54, 1.807) is 0 Å². The second-order valence-corrected chi connectivity index (χ2v) is 6.53. The van der Waals surface area contributed by atoms with Gasteiger partial charge in [-0.05, 0) is 0 Å². The summed E-state index contributed by atoms with van der Waals surface area (Å²) in [6, 6.07) is 0. The van der Waals surface area contributed by atoms with E-state index in [-0.39, 0.29) is 37.6 Å². The number of ether oxygens (including phenoxy) is 4. The summed E-state index contributed by atoms with van der Waals surface area (Å²) in [6.45, 7) is 5.32. The number of carbonyl (C=O) groups excluding carboxylic acids is 4. The lowest BCUT2D eigenvalue weighted by atomic mass is 10.1. The zero-order chi connectivity index (χ0) is 22.8. The third-order valence-corrected chi connectivity index (χ3v) is 4.83. The van der Waals surface area contributed by atoms with Gasteiger partial charge in [-0.2, -0.15) is 0 Å². The predicted molar refractivity (Wildman–Crippen MR) is 109 cm³/mol. The van der Waals surface area contributed by atoms with Gasteiger partial charge in [0.1, 0.15) is 26.4 Å². The smallest absolute Gasteiger partial charge is 0.341 e. The van der Waals surface area contributed by atoms with E-state index in [1.165, 1.54) is 0 Å². The fourth-order valence-corrected chi connectivity index (χ4v) is 2.97. The van der Waals surface area contributed by atoms with E-state index in [1.807, 2.05) is 0 Å². The highest BCUT2D eigenvalue weighted by Crippen LogP contribution is 2.41. The molecular weight excluding hydrogens is 486 g/mol. The Hall–Kier alpha value is -2.26. The van der Waals surface area contributed by atoms with Crippen LogP contribution in [0, 0.1) is 0 Å². The Balaban J connectivity index is 2.92. The predicted octanol–water partition coefficient (Wildman–Crippen LogP) is 4.07. The second-order valence-electron chi connectivity index (χ2n) is 5.02. The minimum absolute atomic E-state index is 0.242. The Bertz CT molecular complexity index is 781. The average Bonchev–Trinajstić information content (AvgIpc) is 2.72. The maximum atomic E-state index is 12.2. The SMILES string of the molecule is C=CC(=O)OCCOC(=O)c1c(Cl)c(Cl)c(C(=O)OCCOC(=O)C=C)c(Cl)c1Cl. The Morgan fingerprint density at radius 1 is 0.600 bits per heavy atom. The lowest BCUT2D eigenvalue weighted by molar-refractivity contribution is -0.139. The van der Waals surface area contributed by atoms with Crippen molar-refractivity contribution in [1.82, 2.24) is 0 Å². The molecule has 0 unspecified atom stereocenters. The van der Waals surface area contributed by atoms with Gasteiger partial charge in [0.15, 0.2) is 0 Å². The first-order chi connectivity index (χ1) is 14.1. The van der Waals surface area contributed by atoms with Crippen LogP contribution < -0.4 is 0 Å². The van der Waals surface area contributed by atoms with Gasteiger partial charge in [0.05, 0.1) is 31.2 Å². The molecule has 30 heavy (non-hydrogen) atoms. The van der Waals surface area contributed by atoms with Crippen LogP contribution in [0.25, 0.3) is 0 Å². The molecule has 1 aromatic carbocycles. The number of halogens is 4. The first-order valence-electron chi connectivity index (χ1n) is 7.94. The molecule has 0 aromatic heterocycles. The number of hydrogen-bond donors (Lipinski definition) is 0. The molecule has 0 saturated carbocycles. The van der Waals surface area contributed by atoms with Crippen molar-refractivity contribution in [2.24, 2.45) is 0 Å². The van der Waals surface area contributed by atoms with E-state index >= 15 is 0 Å². The van der Waals surface area contributed by atoms with Crippen LogP contribution in [0.1, 0.15) is 20.7 Å². The topological polar surface area (TPSA) is 105 Å². The van der Waals surface area contributed by atoms with Gasteiger partial charge in [-0.3, -0.25) is 0 Å². The average molecular weight is 500 g/mol. The molecule has 0 spiro atoms. The van der Waals surface area contributed by atoms with E-state index in [0.29, 0.717) is 0 Å². The van der Waals surface area contributed by atoms with Crippen LogP contribution in [0.2, 0.25) is 20.1 Å². The summed E-state index contributed by atoms with van der Waals surface area (Å²) < 4.78 is 19.1. The Morgan fingerprint density at radius 2 is 0.867 bits per heavy atom. The minimum atomic E-state index is -1.01. The third-order valence-electron chi connectivity index (χ3n) is 3.13. The summed E-state index contributed by atoms with van der Waals surface area (Å²) >= 11 is 24.2. The van der Waals surface area contributed by atoms with Gasteiger partial charge in [0.25, 0.3) is 0 Å². The number of benzene rings is 1. The molecule has 0 atom stereocenters. The molecule has 12 heteroatoms. The largest absolute Gasteiger partial charge is 0.459 e. The first kappa shape index (κ1) is 25.8. The molecule has 0 aliphatic heterocycles. The normalized spacial score (nSPS) is 10.0. The van der Waals surface area contributed by atoms with E-state index in [4.69, 9.17) is 55.9 Å². The number of hydrogen-bond acceptors (Lipinski definition) is 8. The molecule has 0 N–H and O–H groups in total. The van der Waals surface area contributed by atoms with Crippen molar-refractivity contribution < 1.29 is 38.1 Å². The highest BCUT2D eigenvalue weighted by Gasteiger charge is 2.29. The van der Waals surface area contributed by atoms with Crippen LogP contribution in [0.5, 0.6) is 0 Å². The quantitative estimate of drug-likeness (QED) is 0.156. The summed E-state index contributed by atoms with van der Waals surface area (Å²) in [5.41, 5.74) is -0.778. The fourth-order valence-electron chi connectivity index (χ4n) is 1.81. The zero-order valence-corrected chi connectivity index (χ0v) is 18.2. The van der Waals surface area contributed by atoms with Crippen molar-refractivity contribution in [3.8, 4) is 0 Å². The van der Waals surface area contributed by atoms with Crippen LogP contribution in [0.4, 0.5) is 0 Å². The van der Waals surface area contributed by atoms with Gasteiger partial charge in [0.2, 0.25) is 0 Å². The van der Waals surface area contributed by atoms with Crippen molar-refractivity contribution in [2.45, 2.75) is 0 Å². The summed E-state index contributed by atoms with van der Waals surface area (Å²) in [5.74, 6) is -3.43. The second kappa shape index (κ2) is 12.4. The van der Waals surface area contributed by atoms with Crippen molar-refractivity contribution in [3.05, 3.63) is 56.5 Å². The molecule has 0 saturated heterocycles. The summed E-state index contributed by atoms with van der Waals surface area (Å²) in [5, 5.41) is -1.60. The van der Waals surface area contributed by atoms with Gasteiger partial charge in [-0.25, -0.2) is 19.2 Å². The molecule has 1 rings (SSSR count). The lowest BCUT2D eigenvalue weighted by Crippen LogP contribution is -2.16. The molecule has 0 aliphatic carbocycles. The van der Waals surface area contributed by atoms with Crippen LogP contribution >= 0.6 is 46.4 Å². The first-order valence-corrected chi connectivity index (χ1v) is 9.45. The Morgan fingerprint density at radius 3 is 1.13 bits per heavy atom. The molecule has 0 bridgehead atoms. The van der Waals surface area contributed by atoms with Crippen LogP contribution in [-0.2, 0) is 28.5 Å². The molecule has 0 radical (unpaired) electrons. The van der Waals surface area contributed by atoms with E-state index in [9.17, 15) is 19.2 Å².